The number of anilines is 2. The van der Waals surface area contributed by atoms with E-state index in [4.69, 9.17) is 21.0 Å². The van der Waals surface area contributed by atoms with Gasteiger partial charge in [-0.25, -0.2) is 9.78 Å². The zero-order valence-electron chi connectivity index (χ0n) is 22.6. The highest BCUT2D eigenvalue weighted by Crippen LogP contribution is 2.41. The number of thioether (sulfide) groups is 2. The quantitative estimate of drug-likeness (QED) is 0.0537. The van der Waals surface area contributed by atoms with Crippen LogP contribution in [0.2, 0.25) is 0 Å². The molecule has 0 saturated carbocycles. The SMILES string of the molecule is COc1cc(N)nc(SCC2=C(C(=O)[O-])N3C(=O)C(NC(=O)/C(=N\OC(C)(C)C(=O)O)c4cnc(N)s4)C3SC2)[n+]1C. The Hall–Kier alpha value is -4.10. The van der Waals surface area contributed by atoms with Crippen LogP contribution in [-0.4, -0.2) is 85.1 Å². The molecule has 224 valence electrons. The zero-order chi connectivity index (χ0) is 30.9. The van der Waals surface area contributed by atoms with Crippen LogP contribution in [0.25, 0.3) is 0 Å². The van der Waals surface area contributed by atoms with E-state index in [9.17, 15) is 29.4 Å². The van der Waals surface area contributed by atoms with Gasteiger partial charge in [-0.05, 0) is 36.2 Å². The van der Waals surface area contributed by atoms with Crippen molar-refractivity contribution in [1.29, 1.82) is 0 Å². The van der Waals surface area contributed by atoms with Gasteiger partial charge in [-0.1, -0.05) is 16.5 Å². The number of nitrogens with two attached hydrogens (primary N) is 2. The molecule has 2 atom stereocenters. The molecule has 0 aromatic carbocycles. The van der Waals surface area contributed by atoms with Crippen LogP contribution in [0.1, 0.15) is 18.7 Å². The molecule has 0 bridgehead atoms. The van der Waals surface area contributed by atoms with Crippen molar-refractivity contribution in [3.63, 3.8) is 0 Å². The predicted molar refractivity (Wildman–Crippen MR) is 150 cm³/mol. The van der Waals surface area contributed by atoms with Crippen molar-refractivity contribution in [2.24, 2.45) is 12.2 Å². The number of carbonyl (C=O) groups excluding carboxylic acids is 3. The number of hydrogen-bond donors (Lipinski definition) is 4. The number of ether oxygens (including phenoxy) is 1. The molecule has 0 spiro atoms. The summed E-state index contributed by atoms with van der Waals surface area (Å²) in [5, 5.41) is 27.6. The van der Waals surface area contributed by atoms with Crippen LogP contribution < -0.4 is 31.2 Å². The molecule has 2 unspecified atom stereocenters. The molecule has 0 radical (unpaired) electrons. The third kappa shape index (κ3) is 6.07. The second-order valence-corrected chi connectivity index (χ2v) is 12.5. The zero-order valence-corrected chi connectivity index (χ0v) is 25.1. The molecule has 1 saturated heterocycles. The van der Waals surface area contributed by atoms with Crippen molar-refractivity contribution < 1.29 is 43.5 Å². The molecule has 16 nitrogen and oxygen atoms in total. The average Bonchev–Trinajstić information content (AvgIpc) is 3.36. The Morgan fingerprint density at radius 2 is 2.10 bits per heavy atom. The highest BCUT2D eigenvalue weighted by molar-refractivity contribution is 8.01. The highest BCUT2D eigenvalue weighted by atomic mass is 32.2. The molecule has 2 amide bonds. The number of aliphatic carboxylic acids is 2. The van der Waals surface area contributed by atoms with Crippen molar-refractivity contribution in [2.45, 2.75) is 36.0 Å². The number of carbonyl (C=O) groups is 4. The fraction of sp³-hybridized carbons (Fsp3) is 0.391. The van der Waals surface area contributed by atoms with Crippen LogP contribution in [0.4, 0.5) is 10.9 Å². The van der Waals surface area contributed by atoms with Gasteiger partial charge in [0.25, 0.3) is 17.7 Å². The van der Waals surface area contributed by atoms with E-state index in [1.165, 1.54) is 50.7 Å². The number of fused-ring (bicyclic) bond motifs is 1. The number of thiazole rings is 1. The lowest BCUT2D eigenvalue weighted by molar-refractivity contribution is -0.717. The molecule has 0 aliphatic carbocycles. The fourth-order valence-electron chi connectivity index (χ4n) is 3.80. The van der Waals surface area contributed by atoms with Gasteiger partial charge in [0.05, 0.1) is 36.8 Å². The first-order valence-electron chi connectivity index (χ1n) is 12.0. The third-order valence-corrected chi connectivity index (χ3v) is 9.37. The minimum absolute atomic E-state index is 0.117. The van der Waals surface area contributed by atoms with E-state index >= 15 is 0 Å². The molecule has 2 aromatic rings. The number of methoxy groups -OCH3 is 1. The Morgan fingerprint density at radius 1 is 1.38 bits per heavy atom. The number of carboxylic acids is 2. The van der Waals surface area contributed by atoms with E-state index in [0.717, 1.165) is 16.2 Å². The third-order valence-electron chi connectivity index (χ3n) is 6.08. The van der Waals surface area contributed by atoms with E-state index in [0.29, 0.717) is 16.6 Å². The van der Waals surface area contributed by atoms with Gasteiger partial charge in [-0.15, -0.1) is 11.8 Å². The maximum atomic E-state index is 13.2. The number of nitrogens with one attached hydrogen (secondary N) is 1. The lowest BCUT2D eigenvalue weighted by atomic mass is 10.0. The van der Waals surface area contributed by atoms with Gasteiger partial charge < -0.3 is 41.4 Å². The Balaban J connectivity index is 1.53. The van der Waals surface area contributed by atoms with Crippen LogP contribution in [0.5, 0.6) is 5.88 Å². The monoisotopic (exact) mass is 638 g/mol. The van der Waals surface area contributed by atoms with Gasteiger partial charge in [-0.3, -0.25) is 14.5 Å². The molecule has 6 N–H and O–H groups in total. The summed E-state index contributed by atoms with van der Waals surface area (Å²) in [6, 6.07) is 0.440. The van der Waals surface area contributed by atoms with Gasteiger partial charge >= 0.3 is 11.1 Å². The summed E-state index contributed by atoms with van der Waals surface area (Å²) in [6.07, 6.45) is 1.26. The molecule has 4 rings (SSSR count). The van der Waals surface area contributed by atoms with Crippen molar-refractivity contribution in [2.75, 3.05) is 30.1 Å². The largest absolute Gasteiger partial charge is 0.543 e. The molecular formula is C23H26N8O8S3. The number of oxime groups is 1. The summed E-state index contributed by atoms with van der Waals surface area (Å²) in [6.45, 7) is 2.48. The number of nitrogens with zero attached hydrogens (tertiary/aromatic N) is 5. The first kappa shape index (κ1) is 30.8. The topological polar surface area (TPSA) is 239 Å². The Labute approximate surface area is 251 Å². The number of nitrogen functional groups attached to an aromatic ring is 2. The van der Waals surface area contributed by atoms with Crippen LogP contribution in [0.3, 0.4) is 0 Å². The summed E-state index contributed by atoms with van der Waals surface area (Å²) in [5.41, 5.74) is 9.55. The van der Waals surface area contributed by atoms with Crippen LogP contribution in [-0.2, 0) is 31.1 Å². The lowest BCUT2D eigenvalue weighted by Gasteiger charge is -2.50. The molecule has 1 fully saturated rings. The number of hydrogen-bond acceptors (Lipinski definition) is 15. The summed E-state index contributed by atoms with van der Waals surface area (Å²) >= 11 is 3.36. The van der Waals surface area contributed by atoms with E-state index in [1.54, 1.807) is 17.7 Å². The molecule has 2 aliphatic rings. The fourth-order valence-corrected chi connectivity index (χ4v) is 6.93. The Morgan fingerprint density at radius 3 is 2.69 bits per heavy atom. The minimum atomic E-state index is -1.77. The van der Waals surface area contributed by atoms with Crippen LogP contribution in [0.15, 0.2) is 33.8 Å². The summed E-state index contributed by atoms with van der Waals surface area (Å²) in [7, 11) is 3.19. The van der Waals surface area contributed by atoms with Gasteiger partial charge in [0.1, 0.15) is 11.4 Å². The van der Waals surface area contributed by atoms with Crippen molar-refractivity contribution in [1.82, 2.24) is 20.2 Å². The number of amides is 2. The second-order valence-electron chi connectivity index (χ2n) is 9.36. The number of aromatic nitrogens is 3. The summed E-state index contributed by atoms with van der Waals surface area (Å²) in [4.78, 5) is 64.5. The first-order valence-corrected chi connectivity index (χ1v) is 14.8. The van der Waals surface area contributed by atoms with Gasteiger partial charge in [-0.2, -0.15) is 4.57 Å². The van der Waals surface area contributed by atoms with Crippen LogP contribution in [0, 0.1) is 0 Å². The number of β-lactam (4-membered cyclic amide) rings is 1. The maximum Gasteiger partial charge on any atom is 0.364 e. The maximum absolute atomic E-state index is 13.2. The molecule has 4 heterocycles. The van der Waals surface area contributed by atoms with E-state index in [2.05, 4.69) is 20.4 Å². The summed E-state index contributed by atoms with van der Waals surface area (Å²) < 4.78 is 6.92. The van der Waals surface area contributed by atoms with Crippen molar-refractivity contribution in [3.8, 4) is 5.88 Å². The van der Waals surface area contributed by atoms with Gasteiger partial charge in [0.2, 0.25) is 11.4 Å². The molecular weight excluding hydrogens is 613 g/mol. The van der Waals surface area contributed by atoms with Gasteiger partial charge in [0.15, 0.2) is 10.8 Å². The van der Waals surface area contributed by atoms with E-state index < -0.39 is 40.8 Å². The Kier molecular flexibility index (Phi) is 8.83. The number of carboxylic acid groups (broad SMARTS) is 2. The lowest BCUT2D eigenvalue weighted by Crippen LogP contribution is -2.71. The second kappa shape index (κ2) is 12.0. The van der Waals surface area contributed by atoms with Gasteiger partial charge in [0, 0.05) is 17.7 Å². The van der Waals surface area contributed by atoms with E-state index in [-0.39, 0.29) is 38.7 Å². The first-order chi connectivity index (χ1) is 19.7. The Bertz CT molecular complexity index is 1520. The average molecular weight is 639 g/mol. The number of rotatable bonds is 11. The molecule has 2 aromatic heterocycles. The smallest absolute Gasteiger partial charge is 0.364 e. The van der Waals surface area contributed by atoms with Crippen LogP contribution >= 0.6 is 34.9 Å². The summed E-state index contributed by atoms with van der Waals surface area (Å²) in [5.74, 6) is -3.34. The minimum Gasteiger partial charge on any atom is -0.543 e. The predicted octanol–water partition coefficient (Wildman–Crippen LogP) is -1.68. The highest BCUT2D eigenvalue weighted by Gasteiger charge is 2.53. The molecule has 42 heavy (non-hydrogen) atoms. The van der Waals surface area contributed by atoms with E-state index in [1.807, 2.05) is 0 Å². The standard InChI is InChI=1S/C23H26N8O8S3/c1-23(2,20(36)37)39-29-13(10-6-26-21(25)42-10)16(32)28-14-17(33)31-15(19(34)35)9(7-40-18(14)31)8-41-22-27-11(24)5-12(38-4)30(22)3/h5-6,14,18,24H,7-8H2,1-4H3,(H5,25,26,28,29,32,34,35,36,37). The molecule has 2 aliphatic heterocycles. The normalized spacial score (nSPS) is 18.7. The van der Waals surface area contributed by atoms with Crippen molar-refractivity contribution >= 4 is 75.3 Å². The van der Waals surface area contributed by atoms with Crippen molar-refractivity contribution in [3.05, 3.63) is 28.4 Å². The molecule has 19 heteroatoms.